The van der Waals surface area contributed by atoms with E-state index in [-0.39, 0.29) is 43.2 Å². The molecule has 1 aliphatic rings. The smallest absolute Gasteiger partial charge is 0.305 e. The summed E-state index contributed by atoms with van der Waals surface area (Å²) in [6, 6.07) is 11.3. The van der Waals surface area contributed by atoms with Crippen molar-refractivity contribution in [1.82, 2.24) is 10.2 Å². The Kier molecular flexibility index (Phi) is 8.34. The van der Waals surface area contributed by atoms with Crippen molar-refractivity contribution in [3.8, 4) is 5.75 Å². The van der Waals surface area contributed by atoms with Crippen LogP contribution >= 0.6 is 0 Å². The molecule has 0 aromatic heterocycles. The summed E-state index contributed by atoms with van der Waals surface area (Å²) in [6.07, 6.45) is 0.144. The van der Waals surface area contributed by atoms with E-state index < -0.39 is 36.8 Å². The minimum absolute atomic E-state index is 0.0573. The number of hydrogen-bond acceptors (Lipinski definition) is 7. The molecule has 0 saturated heterocycles. The molecule has 5 N–H and O–H groups in total. The number of amidine groups is 1. The van der Waals surface area contributed by atoms with Crippen LogP contribution in [0, 0.1) is 5.41 Å². The molecule has 3 rings (SSSR count). The number of rotatable bonds is 11. The van der Waals surface area contributed by atoms with E-state index in [4.69, 9.17) is 21.0 Å². The number of ether oxygens (including phenoxy) is 1. The zero-order valence-electron chi connectivity index (χ0n) is 19.2. The van der Waals surface area contributed by atoms with Crippen molar-refractivity contribution >= 4 is 41.5 Å². The average Bonchev–Trinajstić information content (AvgIpc) is 2.95. The van der Waals surface area contributed by atoms with E-state index in [1.165, 1.54) is 12.1 Å². The fraction of sp³-hybridized carbons (Fsp3) is 0.250. The van der Waals surface area contributed by atoms with Crippen LogP contribution in [0.2, 0.25) is 0 Å². The van der Waals surface area contributed by atoms with Crippen molar-refractivity contribution in [3.63, 3.8) is 0 Å². The van der Waals surface area contributed by atoms with Crippen molar-refractivity contribution < 1.29 is 33.8 Å². The van der Waals surface area contributed by atoms with E-state index >= 15 is 0 Å². The van der Waals surface area contributed by atoms with E-state index in [1.807, 2.05) is 0 Å². The van der Waals surface area contributed by atoms with Gasteiger partial charge in [-0.2, -0.15) is 0 Å². The molecule has 12 nitrogen and oxygen atoms in total. The minimum atomic E-state index is -1.13. The number of benzene rings is 2. The highest BCUT2D eigenvalue weighted by molar-refractivity contribution is 6.11. The number of carbonyl (C=O) groups is 5. The van der Waals surface area contributed by atoms with Crippen LogP contribution in [-0.2, 0) is 25.8 Å². The van der Waals surface area contributed by atoms with E-state index in [2.05, 4.69) is 5.32 Å². The van der Waals surface area contributed by atoms with Crippen LogP contribution in [0.4, 0.5) is 5.69 Å². The maximum absolute atomic E-state index is 13.2. The number of anilines is 1. The van der Waals surface area contributed by atoms with Crippen LogP contribution in [0.25, 0.3) is 0 Å². The first kappa shape index (κ1) is 25.9. The summed E-state index contributed by atoms with van der Waals surface area (Å²) < 4.78 is 5.81. The Labute approximate surface area is 206 Å². The fourth-order valence-electron chi connectivity index (χ4n) is 3.52. The number of nitrogens with two attached hydrogens (primary N) is 1. The standard InChI is InChI=1S/C24H25N5O7/c25-23(26)16-3-1-15(2-4-16)14-36-17-5-6-19-18(11-17)24(35)28(9-7-22(33)34)13-21(32)29(19)12-20(31)27-8-10-30/h1-6,10-11H,7-9,12-14H2,(H3,25,26)(H,27,31)(H,33,34). The number of carboxylic acid groups (broad SMARTS) is 1. The van der Waals surface area contributed by atoms with Gasteiger partial charge in [0.25, 0.3) is 5.91 Å². The first-order valence-corrected chi connectivity index (χ1v) is 10.9. The van der Waals surface area contributed by atoms with E-state index in [9.17, 15) is 24.0 Å². The largest absolute Gasteiger partial charge is 0.489 e. The third kappa shape index (κ3) is 6.44. The van der Waals surface area contributed by atoms with Crippen molar-refractivity contribution in [2.45, 2.75) is 13.0 Å². The Morgan fingerprint density at radius 2 is 1.89 bits per heavy atom. The van der Waals surface area contributed by atoms with Crippen LogP contribution in [0.3, 0.4) is 0 Å². The maximum Gasteiger partial charge on any atom is 0.305 e. The van der Waals surface area contributed by atoms with Gasteiger partial charge in [-0.05, 0) is 23.8 Å². The third-order valence-corrected chi connectivity index (χ3v) is 5.35. The van der Waals surface area contributed by atoms with Gasteiger partial charge in [-0.15, -0.1) is 0 Å². The average molecular weight is 495 g/mol. The predicted octanol–water partition coefficient (Wildman–Crippen LogP) is 0.128. The Morgan fingerprint density at radius 3 is 2.53 bits per heavy atom. The number of carboxylic acids is 1. The van der Waals surface area contributed by atoms with Crippen LogP contribution in [0.5, 0.6) is 5.75 Å². The van der Waals surface area contributed by atoms with Gasteiger partial charge < -0.3 is 35.5 Å². The second-order valence-electron chi connectivity index (χ2n) is 7.90. The summed E-state index contributed by atoms with van der Waals surface area (Å²) in [5, 5.41) is 18.8. The SMILES string of the molecule is N=C(N)c1ccc(COc2ccc3c(c2)C(=O)N(CCC(=O)O)CC(=O)N3CC(=O)NCC=O)cc1. The zero-order chi connectivity index (χ0) is 26.2. The summed E-state index contributed by atoms with van der Waals surface area (Å²) >= 11 is 0. The van der Waals surface area contributed by atoms with E-state index in [0.29, 0.717) is 17.6 Å². The molecule has 0 bridgehead atoms. The topological polar surface area (TPSA) is 183 Å². The summed E-state index contributed by atoms with van der Waals surface area (Å²) in [5.74, 6) is -2.62. The van der Waals surface area contributed by atoms with Crippen molar-refractivity contribution in [2.24, 2.45) is 5.73 Å². The number of nitrogens with zero attached hydrogens (tertiary/aromatic N) is 2. The molecule has 2 aromatic rings. The molecule has 12 heteroatoms. The molecular weight excluding hydrogens is 470 g/mol. The Balaban J connectivity index is 1.88. The lowest BCUT2D eigenvalue weighted by Crippen LogP contribution is -2.44. The molecule has 1 aliphatic heterocycles. The van der Waals surface area contributed by atoms with Gasteiger partial charge in [-0.25, -0.2) is 0 Å². The summed E-state index contributed by atoms with van der Waals surface area (Å²) in [7, 11) is 0. The number of fused-ring (bicyclic) bond motifs is 1. The summed E-state index contributed by atoms with van der Waals surface area (Å²) in [4.78, 5) is 62.3. The molecule has 36 heavy (non-hydrogen) atoms. The Hall–Kier alpha value is -4.74. The Bertz CT molecular complexity index is 1200. The molecule has 3 amide bonds. The number of amides is 3. The lowest BCUT2D eigenvalue weighted by Gasteiger charge is -2.22. The summed E-state index contributed by atoms with van der Waals surface area (Å²) in [5.41, 5.74) is 7.05. The third-order valence-electron chi connectivity index (χ3n) is 5.35. The molecule has 0 radical (unpaired) electrons. The predicted molar refractivity (Wildman–Crippen MR) is 128 cm³/mol. The molecular formula is C24H25N5O7. The van der Waals surface area contributed by atoms with Gasteiger partial charge in [0.15, 0.2) is 0 Å². The maximum atomic E-state index is 13.2. The van der Waals surface area contributed by atoms with Gasteiger partial charge in [0.2, 0.25) is 11.8 Å². The normalized spacial score (nSPS) is 13.0. The number of carbonyl (C=O) groups excluding carboxylic acids is 4. The highest BCUT2D eigenvalue weighted by Crippen LogP contribution is 2.30. The number of nitrogen functional groups attached to an aromatic ring is 1. The van der Waals surface area contributed by atoms with Crippen LogP contribution in [0.1, 0.15) is 27.9 Å². The van der Waals surface area contributed by atoms with Gasteiger partial charge in [-0.1, -0.05) is 24.3 Å². The minimum Gasteiger partial charge on any atom is -0.489 e. The van der Waals surface area contributed by atoms with Crippen molar-refractivity contribution in [3.05, 3.63) is 59.2 Å². The molecule has 2 aromatic carbocycles. The van der Waals surface area contributed by atoms with Crippen molar-refractivity contribution in [1.29, 1.82) is 5.41 Å². The molecule has 0 aliphatic carbocycles. The zero-order valence-corrected chi connectivity index (χ0v) is 19.2. The van der Waals surface area contributed by atoms with E-state index in [1.54, 1.807) is 30.3 Å². The van der Waals surface area contributed by atoms with Gasteiger partial charge in [0.1, 0.15) is 37.6 Å². The first-order valence-electron chi connectivity index (χ1n) is 10.9. The lowest BCUT2D eigenvalue weighted by molar-refractivity contribution is -0.137. The van der Waals surface area contributed by atoms with Gasteiger partial charge >= 0.3 is 5.97 Å². The second kappa shape index (κ2) is 11.6. The highest BCUT2D eigenvalue weighted by Gasteiger charge is 2.33. The molecule has 0 atom stereocenters. The monoisotopic (exact) mass is 495 g/mol. The number of aliphatic carboxylic acids is 1. The van der Waals surface area contributed by atoms with Gasteiger partial charge in [0.05, 0.1) is 24.2 Å². The fourth-order valence-corrected chi connectivity index (χ4v) is 3.52. The van der Waals surface area contributed by atoms with Gasteiger partial charge in [-0.3, -0.25) is 24.6 Å². The Morgan fingerprint density at radius 1 is 1.17 bits per heavy atom. The molecule has 0 spiro atoms. The second-order valence-corrected chi connectivity index (χ2v) is 7.90. The highest BCUT2D eigenvalue weighted by atomic mass is 16.5. The van der Waals surface area contributed by atoms with Gasteiger partial charge in [0, 0.05) is 12.1 Å². The van der Waals surface area contributed by atoms with Crippen molar-refractivity contribution in [2.75, 3.05) is 31.1 Å². The molecule has 188 valence electrons. The van der Waals surface area contributed by atoms with E-state index in [0.717, 1.165) is 15.4 Å². The first-order chi connectivity index (χ1) is 17.2. The van der Waals surface area contributed by atoms with Crippen LogP contribution in [0.15, 0.2) is 42.5 Å². The molecule has 1 heterocycles. The number of nitrogens with one attached hydrogen (secondary N) is 2. The number of aldehydes is 1. The molecule has 0 fully saturated rings. The lowest BCUT2D eigenvalue weighted by atomic mass is 10.1. The molecule has 0 saturated carbocycles. The van der Waals surface area contributed by atoms with Crippen LogP contribution in [-0.4, -0.2) is 72.0 Å². The molecule has 0 unspecified atom stereocenters. The quantitative estimate of drug-likeness (QED) is 0.193. The number of hydrogen-bond donors (Lipinski definition) is 4. The summed E-state index contributed by atoms with van der Waals surface area (Å²) in [6.45, 7) is -1.12. The van der Waals surface area contributed by atoms with Crippen LogP contribution < -0.4 is 20.7 Å².